The minimum absolute atomic E-state index is 0.0386. The van der Waals surface area contributed by atoms with Gasteiger partial charge in [-0.25, -0.2) is 9.59 Å². The molecule has 1 aliphatic heterocycles. The largest absolute Gasteiger partial charge is 0.464 e. The molecule has 136 valence electrons. The van der Waals surface area contributed by atoms with Gasteiger partial charge in [0.05, 0.1) is 18.9 Å². The van der Waals surface area contributed by atoms with Gasteiger partial charge in [-0.05, 0) is 31.5 Å². The Morgan fingerprint density at radius 2 is 1.96 bits per heavy atom. The van der Waals surface area contributed by atoms with Gasteiger partial charge in [0, 0.05) is 29.2 Å². The molecule has 2 N–H and O–H groups in total. The second-order valence-corrected chi connectivity index (χ2v) is 5.78. The second-order valence-electron chi connectivity index (χ2n) is 5.78. The molecule has 0 unspecified atom stereocenters. The van der Waals surface area contributed by atoms with Crippen molar-refractivity contribution in [1.29, 1.82) is 0 Å². The molecule has 8 heteroatoms. The summed E-state index contributed by atoms with van der Waals surface area (Å²) in [6.07, 6.45) is 2.09. The van der Waals surface area contributed by atoms with Crippen LogP contribution in [-0.2, 0) is 30.3 Å². The summed E-state index contributed by atoms with van der Waals surface area (Å²) in [4.78, 5) is 43.1. The number of benzene rings is 1. The number of ether oxygens (including phenoxy) is 2. The fourth-order valence-corrected chi connectivity index (χ4v) is 3.05. The maximum atomic E-state index is 12.5. The second kappa shape index (κ2) is 6.99. The lowest BCUT2D eigenvalue weighted by Gasteiger charge is -2.27. The highest BCUT2D eigenvalue weighted by atomic mass is 16.6. The smallest absolute Gasteiger partial charge is 0.346 e. The van der Waals surface area contributed by atoms with E-state index in [0.29, 0.717) is 17.8 Å². The first-order chi connectivity index (χ1) is 12.6. The van der Waals surface area contributed by atoms with E-state index >= 15 is 0 Å². The van der Waals surface area contributed by atoms with Crippen LogP contribution in [0.4, 0.5) is 5.69 Å². The van der Waals surface area contributed by atoms with E-state index < -0.39 is 17.5 Å². The average Bonchev–Trinajstić information content (AvgIpc) is 2.98. The third-order valence-corrected chi connectivity index (χ3v) is 4.24. The summed E-state index contributed by atoms with van der Waals surface area (Å²) in [5.41, 5.74) is 1.12. The molecule has 0 aliphatic carbocycles. The van der Waals surface area contributed by atoms with Crippen LogP contribution in [-0.4, -0.2) is 48.3 Å². The Kier molecular flexibility index (Phi) is 4.75. The highest BCUT2D eigenvalue weighted by Gasteiger charge is 2.51. The summed E-state index contributed by atoms with van der Waals surface area (Å²) >= 11 is 0. The Morgan fingerprint density at radius 3 is 2.58 bits per heavy atom. The Bertz CT molecular complexity index is 882. The average molecular weight is 357 g/mol. The molecule has 0 saturated carbocycles. The molecule has 0 radical (unpaired) electrons. The molecule has 2 aromatic rings. The number of aliphatic imine (C=N–C) groups is 1. The molecule has 2 heterocycles. The lowest BCUT2D eigenvalue weighted by atomic mass is 9.87. The van der Waals surface area contributed by atoms with Crippen LogP contribution in [0.5, 0.6) is 0 Å². The number of nitrogens with one attached hydrogen (secondary N) is 2. The maximum absolute atomic E-state index is 12.5. The van der Waals surface area contributed by atoms with E-state index in [0.717, 1.165) is 16.5 Å². The number of carbonyl (C=O) groups is 3. The van der Waals surface area contributed by atoms with Crippen LogP contribution in [0.2, 0.25) is 0 Å². The number of H-pyrrole nitrogens is 1. The molecule has 0 bridgehead atoms. The third-order valence-electron chi connectivity index (χ3n) is 4.24. The number of fused-ring (bicyclic) bond motifs is 3. The van der Waals surface area contributed by atoms with E-state index in [-0.39, 0.29) is 19.6 Å². The summed E-state index contributed by atoms with van der Waals surface area (Å²) in [6, 6.07) is 5.33. The third kappa shape index (κ3) is 2.83. The number of amides is 1. The number of esters is 2. The van der Waals surface area contributed by atoms with Crippen LogP contribution in [0.15, 0.2) is 23.2 Å². The van der Waals surface area contributed by atoms with Crippen molar-refractivity contribution in [1.82, 2.24) is 4.98 Å². The zero-order valence-corrected chi connectivity index (χ0v) is 14.5. The number of nitrogens with zero attached hydrogens (tertiary/aromatic N) is 1. The Balaban J connectivity index is 2.07. The monoisotopic (exact) mass is 357 g/mol. The molecule has 1 aromatic heterocycles. The first kappa shape index (κ1) is 17.7. The van der Waals surface area contributed by atoms with Crippen LogP contribution in [0.1, 0.15) is 25.1 Å². The number of hydrogen-bond acceptors (Lipinski definition) is 6. The number of rotatable bonds is 6. The fraction of sp³-hybridized carbons (Fsp3) is 0.333. The summed E-state index contributed by atoms with van der Waals surface area (Å²) < 4.78 is 10.2. The Hall–Kier alpha value is -3.16. The molecular weight excluding hydrogens is 338 g/mol. The Labute approximate surface area is 149 Å². The lowest BCUT2D eigenvalue weighted by molar-refractivity contribution is -0.163. The maximum Gasteiger partial charge on any atom is 0.346 e. The molecule has 3 rings (SSSR count). The SMILES string of the molecule is CCOC(=O)C1(C(=O)OCC)Cc2c([nH]c3cc(NC=O)ccc23)C=N1. The first-order valence-corrected chi connectivity index (χ1v) is 8.30. The van der Waals surface area contributed by atoms with E-state index in [1.54, 1.807) is 26.0 Å². The van der Waals surface area contributed by atoms with Gasteiger partial charge in [0.1, 0.15) is 0 Å². The summed E-state index contributed by atoms with van der Waals surface area (Å²) in [5.74, 6) is -1.46. The normalized spacial score (nSPS) is 14.5. The summed E-state index contributed by atoms with van der Waals surface area (Å²) in [6.45, 7) is 3.61. The van der Waals surface area contributed by atoms with Crippen molar-refractivity contribution in [3.8, 4) is 0 Å². The van der Waals surface area contributed by atoms with Gasteiger partial charge in [0.15, 0.2) is 0 Å². The molecule has 0 fully saturated rings. The van der Waals surface area contributed by atoms with Gasteiger partial charge in [-0.1, -0.05) is 6.07 Å². The molecule has 1 aliphatic rings. The van der Waals surface area contributed by atoms with Crippen molar-refractivity contribution < 1.29 is 23.9 Å². The molecule has 0 saturated heterocycles. The van der Waals surface area contributed by atoms with E-state index in [2.05, 4.69) is 15.3 Å². The van der Waals surface area contributed by atoms with Gasteiger partial charge in [-0.2, -0.15) is 0 Å². The van der Waals surface area contributed by atoms with Crippen LogP contribution < -0.4 is 5.32 Å². The van der Waals surface area contributed by atoms with Crippen molar-refractivity contribution >= 4 is 41.2 Å². The fourth-order valence-electron chi connectivity index (χ4n) is 3.05. The highest BCUT2D eigenvalue weighted by Crippen LogP contribution is 2.33. The molecular formula is C18H19N3O5. The van der Waals surface area contributed by atoms with Crippen molar-refractivity contribution in [3.05, 3.63) is 29.5 Å². The minimum atomic E-state index is -1.74. The first-order valence-electron chi connectivity index (χ1n) is 8.30. The molecule has 1 amide bonds. The molecule has 0 spiro atoms. The van der Waals surface area contributed by atoms with Crippen molar-refractivity contribution in [2.75, 3.05) is 18.5 Å². The minimum Gasteiger partial charge on any atom is -0.464 e. The zero-order chi connectivity index (χ0) is 18.7. The van der Waals surface area contributed by atoms with Crippen LogP contribution in [0.3, 0.4) is 0 Å². The number of aromatic amines is 1. The van der Waals surface area contributed by atoms with Crippen LogP contribution in [0, 0.1) is 0 Å². The number of aromatic nitrogens is 1. The molecule has 0 atom stereocenters. The van der Waals surface area contributed by atoms with Gasteiger partial charge < -0.3 is 19.8 Å². The van der Waals surface area contributed by atoms with E-state index in [4.69, 9.17) is 9.47 Å². The highest BCUT2D eigenvalue weighted by molar-refractivity contribution is 6.10. The topological polar surface area (TPSA) is 110 Å². The quantitative estimate of drug-likeness (QED) is 0.463. The lowest BCUT2D eigenvalue weighted by Crippen LogP contribution is -2.50. The van der Waals surface area contributed by atoms with Crippen molar-refractivity contribution in [3.63, 3.8) is 0 Å². The molecule has 8 nitrogen and oxygen atoms in total. The number of anilines is 1. The van der Waals surface area contributed by atoms with Gasteiger partial charge >= 0.3 is 11.9 Å². The standard InChI is InChI=1S/C18H19N3O5/c1-3-25-16(23)18(17(24)26-4-2)8-13-12-6-5-11(19-10-22)7-14(12)21-15(13)9-20-18/h5-7,9-10,21H,3-4,8H2,1-2H3,(H,19,22). The van der Waals surface area contributed by atoms with Crippen LogP contribution >= 0.6 is 0 Å². The predicted octanol–water partition coefficient (Wildman–Crippen LogP) is 1.58. The number of carbonyl (C=O) groups excluding carboxylic acids is 3. The van der Waals surface area contributed by atoms with Gasteiger partial charge in [-0.15, -0.1) is 0 Å². The van der Waals surface area contributed by atoms with Crippen molar-refractivity contribution in [2.24, 2.45) is 4.99 Å². The van der Waals surface area contributed by atoms with E-state index in [1.807, 2.05) is 6.07 Å². The van der Waals surface area contributed by atoms with Crippen molar-refractivity contribution in [2.45, 2.75) is 25.8 Å². The Morgan fingerprint density at radius 1 is 1.27 bits per heavy atom. The molecule has 26 heavy (non-hydrogen) atoms. The molecule has 1 aromatic carbocycles. The van der Waals surface area contributed by atoms with Gasteiger partial charge in [-0.3, -0.25) is 9.79 Å². The van der Waals surface area contributed by atoms with E-state index in [9.17, 15) is 14.4 Å². The number of hydrogen-bond donors (Lipinski definition) is 2. The van der Waals surface area contributed by atoms with E-state index in [1.165, 1.54) is 6.21 Å². The zero-order valence-electron chi connectivity index (χ0n) is 14.5. The van der Waals surface area contributed by atoms with Gasteiger partial charge in [0.25, 0.3) is 5.54 Å². The predicted molar refractivity (Wildman–Crippen MR) is 95.3 cm³/mol. The van der Waals surface area contributed by atoms with Gasteiger partial charge in [0.2, 0.25) is 6.41 Å². The summed E-state index contributed by atoms with van der Waals surface area (Å²) in [7, 11) is 0. The summed E-state index contributed by atoms with van der Waals surface area (Å²) in [5, 5.41) is 3.42. The van der Waals surface area contributed by atoms with Crippen LogP contribution in [0.25, 0.3) is 10.9 Å².